The SMILES string of the molecule is O=C1c2ccc(Br)cc2-[n+]2ccc3c([nH]c4ccccc43)c21.[Br-]. The number of H-pyrrole nitrogens is 1. The molecule has 2 aromatic heterocycles. The minimum Gasteiger partial charge on any atom is -1.00 e. The summed E-state index contributed by atoms with van der Waals surface area (Å²) in [6.07, 6.45) is 1.98. The summed E-state index contributed by atoms with van der Waals surface area (Å²) in [5.41, 5.74) is 4.34. The van der Waals surface area contributed by atoms with Crippen molar-refractivity contribution in [3.63, 3.8) is 0 Å². The molecule has 0 amide bonds. The Balaban J connectivity index is 0.00000135. The van der Waals surface area contributed by atoms with Crippen LogP contribution in [0.25, 0.3) is 27.5 Å². The van der Waals surface area contributed by atoms with E-state index in [0.29, 0.717) is 5.69 Å². The first kappa shape index (κ1) is 14.6. The molecule has 0 saturated carbocycles. The van der Waals surface area contributed by atoms with Crippen molar-refractivity contribution in [1.29, 1.82) is 0 Å². The zero-order chi connectivity index (χ0) is 14.8. The summed E-state index contributed by atoms with van der Waals surface area (Å²) < 4.78 is 2.94. The van der Waals surface area contributed by atoms with Crippen molar-refractivity contribution in [3.8, 4) is 5.69 Å². The third kappa shape index (κ3) is 1.87. The maximum Gasteiger partial charge on any atom is 0.284 e. The number of pyridine rings is 1. The molecule has 0 saturated heterocycles. The number of aromatic nitrogens is 2. The molecule has 1 aliphatic heterocycles. The number of aromatic amines is 1. The molecule has 5 heteroatoms. The number of halogens is 2. The minimum absolute atomic E-state index is 0. The molecule has 3 heterocycles. The molecule has 3 nitrogen and oxygen atoms in total. The number of hydrogen-bond acceptors (Lipinski definition) is 1. The van der Waals surface area contributed by atoms with Crippen LogP contribution in [0, 0.1) is 0 Å². The monoisotopic (exact) mass is 428 g/mol. The molecule has 4 aromatic rings. The Morgan fingerprint density at radius 2 is 1.83 bits per heavy atom. The third-order valence-corrected chi connectivity index (χ3v) is 4.79. The van der Waals surface area contributed by atoms with Gasteiger partial charge >= 0.3 is 0 Å². The quantitative estimate of drug-likeness (QED) is 0.365. The van der Waals surface area contributed by atoms with Gasteiger partial charge in [-0.05, 0) is 18.2 Å². The number of nitrogens with one attached hydrogen (secondary N) is 1. The van der Waals surface area contributed by atoms with E-state index in [2.05, 4.69) is 33.0 Å². The Labute approximate surface area is 150 Å². The fraction of sp³-hybridized carbons (Fsp3) is 0. The Morgan fingerprint density at radius 3 is 2.70 bits per heavy atom. The van der Waals surface area contributed by atoms with Gasteiger partial charge in [-0.3, -0.25) is 4.79 Å². The summed E-state index contributed by atoms with van der Waals surface area (Å²) in [6.45, 7) is 0. The highest BCUT2D eigenvalue weighted by Crippen LogP contribution is 2.31. The standard InChI is InChI=1S/C18H9BrN2O.BrH/c19-10-5-6-13-15(9-10)21-8-7-12-11-3-1-2-4-14(11)20-16(12)17(21)18(13)22;/h1-9H;1H. The molecular weight excluding hydrogens is 420 g/mol. The number of ketones is 1. The average molecular weight is 430 g/mol. The van der Waals surface area contributed by atoms with Gasteiger partial charge in [-0.25, -0.2) is 0 Å². The molecule has 0 fully saturated rings. The van der Waals surface area contributed by atoms with Crippen molar-refractivity contribution in [2.75, 3.05) is 0 Å². The highest BCUT2D eigenvalue weighted by molar-refractivity contribution is 9.10. The highest BCUT2D eigenvalue weighted by Gasteiger charge is 2.38. The zero-order valence-corrected chi connectivity index (χ0v) is 15.0. The predicted molar refractivity (Wildman–Crippen MR) is 88.5 cm³/mol. The lowest BCUT2D eigenvalue weighted by Crippen LogP contribution is -3.00. The Hall–Kier alpha value is -1.98. The molecule has 0 spiro atoms. The normalized spacial score (nSPS) is 12.3. The Bertz CT molecular complexity index is 1110. The molecule has 0 bridgehead atoms. The van der Waals surface area contributed by atoms with E-state index in [1.165, 1.54) is 0 Å². The van der Waals surface area contributed by atoms with Gasteiger partial charge in [0.25, 0.3) is 11.5 Å². The topological polar surface area (TPSA) is 36.7 Å². The molecule has 5 rings (SSSR count). The van der Waals surface area contributed by atoms with Crippen LogP contribution in [-0.4, -0.2) is 10.8 Å². The molecule has 0 radical (unpaired) electrons. The second-order valence-electron chi connectivity index (χ2n) is 5.48. The summed E-state index contributed by atoms with van der Waals surface area (Å²) >= 11 is 3.48. The molecule has 0 aliphatic carbocycles. The van der Waals surface area contributed by atoms with E-state index in [4.69, 9.17) is 0 Å². The smallest absolute Gasteiger partial charge is 0.284 e. The Morgan fingerprint density at radius 1 is 1.00 bits per heavy atom. The summed E-state index contributed by atoms with van der Waals surface area (Å²) in [5, 5.41) is 2.23. The van der Waals surface area contributed by atoms with Crippen LogP contribution in [0.1, 0.15) is 16.1 Å². The Kier molecular flexibility index (Phi) is 3.18. The number of fused-ring (bicyclic) bond motifs is 7. The second kappa shape index (κ2) is 5.01. The molecule has 0 atom stereocenters. The van der Waals surface area contributed by atoms with E-state index >= 15 is 0 Å². The maximum absolute atomic E-state index is 12.8. The van der Waals surface area contributed by atoms with Gasteiger partial charge in [0.1, 0.15) is 11.1 Å². The third-order valence-electron chi connectivity index (χ3n) is 4.29. The summed E-state index contributed by atoms with van der Waals surface area (Å²) in [4.78, 5) is 16.2. The number of carbonyl (C=O) groups is 1. The van der Waals surface area contributed by atoms with Gasteiger partial charge in [0.2, 0.25) is 5.69 Å². The van der Waals surface area contributed by atoms with Crippen LogP contribution < -0.4 is 21.5 Å². The van der Waals surface area contributed by atoms with Crippen molar-refractivity contribution in [3.05, 3.63) is 70.5 Å². The van der Waals surface area contributed by atoms with Crippen molar-refractivity contribution < 1.29 is 26.3 Å². The van der Waals surface area contributed by atoms with Crippen LogP contribution in [0.5, 0.6) is 0 Å². The summed E-state index contributed by atoms with van der Waals surface area (Å²) in [6, 6.07) is 16.0. The van der Waals surface area contributed by atoms with Crippen molar-refractivity contribution in [1.82, 2.24) is 4.98 Å². The predicted octanol–water partition coefficient (Wildman–Crippen LogP) is 0.909. The number of carbonyl (C=O) groups excluding carboxylic acids is 1. The lowest BCUT2D eigenvalue weighted by Gasteiger charge is -1.95. The molecule has 0 unspecified atom stereocenters. The van der Waals surface area contributed by atoms with Crippen LogP contribution in [-0.2, 0) is 0 Å². The first-order valence-corrected chi connectivity index (χ1v) is 7.83. The molecule has 112 valence electrons. The van der Waals surface area contributed by atoms with Gasteiger partial charge in [-0.2, -0.15) is 4.57 Å². The molecular formula is C18H10Br2N2O. The average Bonchev–Trinajstić information content (AvgIpc) is 3.03. The van der Waals surface area contributed by atoms with E-state index in [9.17, 15) is 4.79 Å². The molecule has 1 N–H and O–H groups in total. The largest absolute Gasteiger partial charge is 1.00 e. The fourth-order valence-corrected chi connectivity index (χ4v) is 3.66. The lowest BCUT2D eigenvalue weighted by atomic mass is 10.1. The van der Waals surface area contributed by atoms with Crippen LogP contribution in [0.15, 0.2) is 59.2 Å². The fourth-order valence-electron chi connectivity index (χ4n) is 3.31. The molecule has 2 aromatic carbocycles. The van der Waals surface area contributed by atoms with Gasteiger partial charge < -0.3 is 22.0 Å². The van der Waals surface area contributed by atoms with Crippen LogP contribution >= 0.6 is 15.9 Å². The zero-order valence-electron chi connectivity index (χ0n) is 11.8. The first-order chi connectivity index (χ1) is 10.7. The lowest BCUT2D eigenvalue weighted by molar-refractivity contribution is -0.592. The minimum atomic E-state index is 0. The number of para-hydroxylation sites is 1. The summed E-state index contributed by atoms with van der Waals surface area (Å²) in [7, 11) is 0. The van der Waals surface area contributed by atoms with Crippen LogP contribution in [0.2, 0.25) is 0 Å². The van der Waals surface area contributed by atoms with Gasteiger partial charge in [0, 0.05) is 32.9 Å². The van der Waals surface area contributed by atoms with Crippen LogP contribution in [0.4, 0.5) is 0 Å². The van der Waals surface area contributed by atoms with Gasteiger partial charge in [-0.1, -0.05) is 34.1 Å². The first-order valence-electron chi connectivity index (χ1n) is 7.04. The maximum atomic E-state index is 12.8. The van der Waals surface area contributed by atoms with Gasteiger partial charge in [0.05, 0.1) is 0 Å². The summed E-state index contributed by atoms with van der Waals surface area (Å²) in [5.74, 6) is 0.0691. The molecule has 23 heavy (non-hydrogen) atoms. The van der Waals surface area contributed by atoms with E-state index in [1.807, 2.05) is 47.2 Å². The highest BCUT2D eigenvalue weighted by atomic mass is 79.9. The van der Waals surface area contributed by atoms with E-state index in [-0.39, 0.29) is 22.8 Å². The van der Waals surface area contributed by atoms with Gasteiger partial charge in [0.15, 0.2) is 6.20 Å². The van der Waals surface area contributed by atoms with E-state index < -0.39 is 0 Å². The number of rotatable bonds is 0. The number of benzene rings is 2. The van der Waals surface area contributed by atoms with Crippen LogP contribution in [0.3, 0.4) is 0 Å². The van der Waals surface area contributed by atoms with Gasteiger partial charge in [-0.15, -0.1) is 0 Å². The van der Waals surface area contributed by atoms with Crippen molar-refractivity contribution >= 4 is 43.5 Å². The second-order valence-corrected chi connectivity index (χ2v) is 6.40. The molecule has 1 aliphatic rings. The van der Waals surface area contributed by atoms with E-state index in [0.717, 1.165) is 37.5 Å². The van der Waals surface area contributed by atoms with Crippen molar-refractivity contribution in [2.24, 2.45) is 0 Å². The van der Waals surface area contributed by atoms with Crippen molar-refractivity contribution in [2.45, 2.75) is 0 Å². The number of nitrogens with zero attached hydrogens (tertiary/aromatic N) is 1. The van der Waals surface area contributed by atoms with E-state index in [1.54, 1.807) is 0 Å². The number of hydrogen-bond donors (Lipinski definition) is 1.